The molecule has 0 aromatic carbocycles. The molecule has 0 radical (unpaired) electrons. The molecule has 4 rings (SSSR count). The van der Waals surface area contributed by atoms with E-state index in [2.05, 4.69) is 19.9 Å². The van der Waals surface area contributed by atoms with E-state index >= 15 is 0 Å². The summed E-state index contributed by atoms with van der Waals surface area (Å²) in [5, 5.41) is 10.4. The minimum absolute atomic E-state index is 0.170. The van der Waals surface area contributed by atoms with Crippen molar-refractivity contribution in [3.05, 3.63) is 54.4 Å². The molecule has 0 aliphatic carbocycles. The SMILES string of the molecule is Nc1ncccc1-c1nc2ccc(-c3ccc(C(F)F)cn3)nc2n1O. The summed E-state index contributed by atoms with van der Waals surface area (Å²) in [5.41, 5.74) is 7.59. The Morgan fingerprint density at radius 2 is 1.81 bits per heavy atom. The van der Waals surface area contributed by atoms with Crippen LogP contribution in [0.3, 0.4) is 0 Å². The van der Waals surface area contributed by atoms with Gasteiger partial charge in [-0.25, -0.2) is 23.7 Å². The number of hydrogen-bond donors (Lipinski definition) is 2. The lowest BCUT2D eigenvalue weighted by Crippen LogP contribution is -2.00. The van der Waals surface area contributed by atoms with Crippen LogP contribution < -0.4 is 5.73 Å². The van der Waals surface area contributed by atoms with Gasteiger partial charge in [-0.2, -0.15) is 0 Å². The number of nitrogens with zero attached hydrogens (tertiary/aromatic N) is 5. The third-order valence-corrected chi connectivity index (χ3v) is 3.86. The second kappa shape index (κ2) is 6.03. The second-order valence-corrected chi connectivity index (χ2v) is 5.50. The Bertz CT molecular complexity index is 1090. The fourth-order valence-corrected chi connectivity index (χ4v) is 2.56. The first-order valence-electron chi connectivity index (χ1n) is 7.58. The highest BCUT2D eigenvalue weighted by molar-refractivity contribution is 5.81. The summed E-state index contributed by atoms with van der Waals surface area (Å²) in [4.78, 5) is 16.6. The third kappa shape index (κ3) is 2.59. The van der Waals surface area contributed by atoms with Gasteiger partial charge in [-0.15, -0.1) is 4.73 Å². The Morgan fingerprint density at radius 1 is 1.00 bits per heavy atom. The number of halogens is 2. The zero-order valence-corrected chi connectivity index (χ0v) is 13.2. The number of rotatable bonds is 3. The van der Waals surface area contributed by atoms with Gasteiger partial charge in [-0.05, 0) is 36.4 Å². The Balaban J connectivity index is 1.81. The van der Waals surface area contributed by atoms with Crippen LogP contribution in [0.1, 0.15) is 12.0 Å². The lowest BCUT2D eigenvalue weighted by atomic mass is 10.2. The van der Waals surface area contributed by atoms with E-state index in [9.17, 15) is 14.0 Å². The number of anilines is 1. The van der Waals surface area contributed by atoms with E-state index in [1.54, 1.807) is 24.3 Å². The van der Waals surface area contributed by atoms with Gasteiger partial charge >= 0.3 is 0 Å². The molecule has 0 fully saturated rings. The first-order valence-corrected chi connectivity index (χ1v) is 7.58. The predicted molar refractivity (Wildman–Crippen MR) is 90.5 cm³/mol. The molecular weight excluding hydrogens is 342 g/mol. The molecule has 4 aromatic heterocycles. The summed E-state index contributed by atoms with van der Waals surface area (Å²) < 4.78 is 26.1. The number of imidazole rings is 1. The van der Waals surface area contributed by atoms with Crippen molar-refractivity contribution in [3.63, 3.8) is 0 Å². The number of nitrogens with two attached hydrogens (primary N) is 1. The second-order valence-electron chi connectivity index (χ2n) is 5.50. The van der Waals surface area contributed by atoms with Crippen LogP contribution in [-0.2, 0) is 0 Å². The van der Waals surface area contributed by atoms with Crippen LogP contribution in [0, 0.1) is 0 Å². The first kappa shape index (κ1) is 15.9. The van der Waals surface area contributed by atoms with Crippen molar-refractivity contribution in [1.29, 1.82) is 0 Å². The molecular formula is C17H12F2N6O. The molecule has 0 spiro atoms. The average molecular weight is 354 g/mol. The van der Waals surface area contributed by atoms with Crippen molar-refractivity contribution in [1.82, 2.24) is 24.7 Å². The van der Waals surface area contributed by atoms with Gasteiger partial charge in [-0.3, -0.25) is 4.98 Å². The van der Waals surface area contributed by atoms with Crippen LogP contribution >= 0.6 is 0 Å². The van der Waals surface area contributed by atoms with Gasteiger partial charge in [0, 0.05) is 18.0 Å². The molecule has 0 aliphatic rings. The average Bonchev–Trinajstić information content (AvgIpc) is 2.98. The van der Waals surface area contributed by atoms with E-state index in [1.807, 2.05) is 0 Å². The van der Waals surface area contributed by atoms with E-state index in [0.29, 0.717) is 22.5 Å². The minimum atomic E-state index is -2.58. The molecule has 0 saturated carbocycles. The maximum Gasteiger partial charge on any atom is 0.265 e. The Labute approximate surface area is 145 Å². The molecule has 3 N–H and O–H groups in total. The van der Waals surface area contributed by atoms with Crippen LogP contribution in [-0.4, -0.2) is 29.9 Å². The largest absolute Gasteiger partial charge is 0.425 e. The predicted octanol–water partition coefficient (Wildman–Crippen LogP) is 3.31. The quantitative estimate of drug-likeness (QED) is 0.547. The van der Waals surface area contributed by atoms with Gasteiger partial charge < -0.3 is 10.9 Å². The van der Waals surface area contributed by atoms with Crippen LogP contribution in [0.4, 0.5) is 14.6 Å². The van der Waals surface area contributed by atoms with E-state index in [4.69, 9.17) is 5.73 Å². The summed E-state index contributed by atoms with van der Waals surface area (Å²) in [6.07, 6.45) is 0.0522. The van der Waals surface area contributed by atoms with E-state index < -0.39 is 6.43 Å². The summed E-state index contributed by atoms with van der Waals surface area (Å²) in [6.45, 7) is 0. The smallest absolute Gasteiger partial charge is 0.265 e. The fourth-order valence-electron chi connectivity index (χ4n) is 2.56. The summed E-state index contributed by atoms with van der Waals surface area (Å²) in [7, 11) is 0. The molecule has 130 valence electrons. The Kier molecular flexibility index (Phi) is 3.68. The van der Waals surface area contributed by atoms with Gasteiger partial charge in [-0.1, -0.05) is 0 Å². The minimum Gasteiger partial charge on any atom is -0.425 e. The Hall–Kier alpha value is -3.62. The van der Waals surface area contributed by atoms with E-state index in [0.717, 1.165) is 10.9 Å². The summed E-state index contributed by atoms with van der Waals surface area (Å²) in [6, 6.07) is 9.41. The summed E-state index contributed by atoms with van der Waals surface area (Å²) >= 11 is 0. The van der Waals surface area contributed by atoms with Gasteiger partial charge in [0.15, 0.2) is 11.5 Å². The van der Waals surface area contributed by atoms with Crippen molar-refractivity contribution in [3.8, 4) is 22.8 Å². The highest BCUT2D eigenvalue weighted by atomic mass is 19.3. The number of aromatic nitrogens is 5. The topological polar surface area (TPSA) is 103 Å². The van der Waals surface area contributed by atoms with E-state index in [-0.39, 0.29) is 22.9 Å². The number of nitrogen functional groups attached to an aromatic ring is 1. The molecule has 0 atom stereocenters. The molecule has 4 aromatic rings. The highest BCUT2D eigenvalue weighted by Crippen LogP contribution is 2.27. The van der Waals surface area contributed by atoms with Crippen LogP contribution in [0.25, 0.3) is 33.9 Å². The first-order chi connectivity index (χ1) is 12.5. The molecule has 0 amide bonds. The third-order valence-electron chi connectivity index (χ3n) is 3.86. The Morgan fingerprint density at radius 3 is 2.50 bits per heavy atom. The number of alkyl halides is 2. The van der Waals surface area contributed by atoms with Gasteiger partial charge in [0.2, 0.25) is 0 Å². The highest BCUT2D eigenvalue weighted by Gasteiger charge is 2.17. The number of pyridine rings is 3. The van der Waals surface area contributed by atoms with Gasteiger partial charge in [0.05, 0.1) is 17.0 Å². The van der Waals surface area contributed by atoms with E-state index in [1.165, 1.54) is 18.3 Å². The molecule has 0 saturated heterocycles. The molecule has 9 heteroatoms. The molecule has 0 unspecified atom stereocenters. The van der Waals surface area contributed by atoms with Gasteiger partial charge in [0.1, 0.15) is 11.3 Å². The van der Waals surface area contributed by atoms with Gasteiger partial charge in [0.25, 0.3) is 6.43 Å². The van der Waals surface area contributed by atoms with Crippen molar-refractivity contribution >= 4 is 17.0 Å². The molecule has 4 heterocycles. The summed E-state index contributed by atoms with van der Waals surface area (Å²) in [5.74, 6) is 0.429. The molecule has 26 heavy (non-hydrogen) atoms. The lowest BCUT2D eigenvalue weighted by Gasteiger charge is -2.04. The van der Waals surface area contributed by atoms with Crippen LogP contribution in [0.15, 0.2) is 48.8 Å². The van der Waals surface area contributed by atoms with Crippen LogP contribution in [0.2, 0.25) is 0 Å². The zero-order valence-electron chi connectivity index (χ0n) is 13.2. The van der Waals surface area contributed by atoms with Crippen molar-refractivity contribution in [2.75, 3.05) is 5.73 Å². The standard InChI is InChI=1S/C17H12F2N6O/c18-14(19)9-3-4-11(22-8-9)12-5-6-13-17(23-12)25(26)16(24-13)10-2-1-7-21-15(10)20/h1-8,14,26H,(H2,20,21). The molecule has 7 nitrogen and oxygen atoms in total. The number of hydrogen-bond acceptors (Lipinski definition) is 6. The molecule has 0 aliphatic heterocycles. The van der Waals surface area contributed by atoms with Crippen molar-refractivity contribution < 1.29 is 14.0 Å². The zero-order chi connectivity index (χ0) is 18.3. The number of fused-ring (bicyclic) bond motifs is 1. The lowest BCUT2D eigenvalue weighted by molar-refractivity contribution is 0.151. The maximum absolute atomic E-state index is 12.6. The normalized spacial score (nSPS) is 11.3. The fraction of sp³-hybridized carbons (Fsp3) is 0.0588. The maximum atomic E-state index is 12.6. The molecule has 0 bridgehead atoms. The monoisotopic (exact) mass is 354 g/mol. The van der Waals surface area contributed by atoms with Crippen molar-refractivity contribution in [2.24, 2.45) is 0 Å². The van der Waals surface area contributed by atoms with Crippen molar-refractivity contribution in [2.45, 2.75) is 6.43 Å². The van der Waals surface area contributed by atoms with Crippen LogP contribution in [0.5, 0.6) is 0 Å².